The Morgan fingerprint density at radius 1 is 1.43 bits per heavy atom. The molecule has 0 bridgehead atoms. The third-order valence-corrected chi connectivity index (χ3v) is 4.12. The fraction of sp³-hybridized carbons (Fsp3) is 0.562. The van der Waals surface area contributed by atoms with Gasteiger partial charge in [-0.05, 0) is 39.1 Å². The molecule has 5 heteroatoms. The maximum absolute atomic E-state index is 13.9. The number of para-hydroxylation sites is 1. The van der Waals surface area contributed by atoms with Crippen LogP contribution >= 0.6 is 0 Å². The van der Waals surface area contributed by atoms with Crippen molar-refractivity contribution in [3.63, 3.8) is 0 Å². The van der Waals surface area contributed by atoms with Gasteiger partial charge >= 0.3 is 0 Å². The lowest BCUT2D eigenvalue weighted by molar-refractivity contribution is 0.0782. The normalized spacial score (nSPS) is 21.9. The lowest BCUT2D eigenvalue weighted by atomic mass is 10.1. The van der Waals surface area contributed by atoms with E-state index in [-0.39, 0.29) is 11.7 Å². The smallest absolute Gasteiger partial charge is 0.256 e. The van der Waals surface area contributed by atoms with Crippen LogP contribution in [0.1, 0.15) is 24.2 Å². The van der Waals surface area contributed by atoms with Crippen LogP contribution < -0.4 is 5.32 Å². The zero-order valence-electron chi connectivity index (χ0n) is 13.2. The molecule has 0 aliphatic carbocycles. The zero-order chi connectivity index (χ0) is 15.6. The molecule has 1 N–H and O–H groups in total. The number of rotatable bonds is 4. The predicted molar refractivity (Wildman–Crippen MR) is 83.1 cm³/mol. The molecular formula is C16H24FN3O. The third kappa shape index (κ3) is 3.18. The maximum Gasteiger partial charge on any atom is 0.256 e. The Labute approximate surface area is 125 Å². The number of hydrogen-bond acceptors (Lipinski definition) is 3. The minimum Gasteiger partial charge on any atom is -0.382 e. The first-order valence-corrected chi connectivity index (χ1v) is 7.43. The number of carbonyl (C=O) groups excluding carboxylic acids is 1. The van der Waals surface area contributed by atoms with Gasteiger partial charge < -0.3 is 15.1 Å². The Balaban J connectivity index is 2.23. The van der Waals surface area contributed by atoms with E-state index < -0.39 is 0 Å². The van der Waals surface area contributed by atoms with Gasteiger partial charge in [0.25, 0.3) is 5.91 Å². The van der Waals surface area contributed by atoms with E-state index in [1.54, 1.807) is 12.1 Å². The van der Waals surface area contributed by atoms with Gasteiger partial charge in [0.05, 0.1) is 11.3 Å². The number of likely N-dealkylation sites (tertiary alicyclic amines) is 1. The molecule has 116 valence electrons. The van der Waals surface area contributed by atoms with Gasteiger partial charge in [-0.25, -0.2) is 4.39 Å². The van der Waals surface area contributed by atoms with Crippen LogP contribution in [0.4, 0.5) is 10.1 Å². The largest absolute Gasteiger partial charge is 0.382 e. The highest BCUT2D eigenvalue weighted by Crippen LogP contribution is 2.26. The second-order valence-corrected chi connectivity index (χ2v) is 5.91. The molecule has 4 nitrogen and oxygen atoms in total. The first-order chi connectivity index (χ1) is 9.95. The van der Waals surface area contributed by atoms with Crippen molar-refractivity contribution in [2.75, 3.05) is 39.0 Å². The lowest BCUT2D eigenvalue weighted by Crippen LogP contribution is -2.36. The Bertz CT molecular complexity index is 518. The second-order valence-electron chi connectivity index (χ2n) is 5.91. The van der Waals surface area contributed by atoms with Crippen molar-refractivity contribution in [3.8, 4) is 0 Å². The SMILES string of the molecule is CCNc1c(F)cccc1C(=O)N1CC(C)C(N(C)C)C1. The van der Waals surface area contributed by atoms with Crippen molar-refractivity contribution in [1.29, 1.82) is 0 Å². The van der Waals surface area contributed by atoms with E-state index in [0.717, 1.165) is 0 Å². The molecule has 21 heavy (non-hydrogen) atoms. The van der Waals surface area contributed by atoms with Crippen LogP contribution in [0.25, 0.3) is 0 Å². The summed E-state index contributed by atoms with van der Waals surface area (Å²) in [5.74, 6) is -0.0548. The van der Waals surface area contributed by atoms with E-state index in [1.807, 2.05) is 25.9 Å². The fourth-order valence-electron chi connectivity index (χ4n) is 3.02. The molecule has 2 unspecified atom stereocenters. The fourth-order valence-corrected chi connectivity index (χ4v) is 3.02. The standard InChI is InChI=1S/C16H24FN3O/c1-5-18-15-12(7-6-8-13(15)17)16(21)20-9-11(2)14(10-20)19(3)4/h6-8,11,14,18H,5,9-10H2,1-4H3. The van der Waals surface area contributed by atoms with Crippen molar-refractivity contribution in [2.24, 2.45) is 5.92 Å². The van der Waals surface area contributed by atoms with Crippen molar-refractivity contribution >= 4 is 11.6 Å². The number of nitrogens with one attached hydrogen (secondary N) is 1. The van der Waals surface area contributed by atoms with Crippen LogP contribution in [-0.2, 0) is 0 Å². The molecule has 1 aliphatic rings. The van der Waals surface area contributed by atoms with Crippen molar-refractivity contribution in [1.82, 2.24) is 9.80 Å². The molecule has 1 aromatic carbocycles. The maximum atomic E-state index is 13.9. The molecule has 0 radical (unpaired) electrons. The number of hydrogen-bond donors (Lipinski definition) is 1. The highest BCUT2D eigenvalue weighted by Gasteiger charge is 2.34. The van der Waals surface area contributed by atoms with Gasteiger partial charge in [-0.3, -0.25) is 4.79 Å². The van der Waals surface area contributed by atoms with E-state index in [4.69, 9.17) is 0 Å². The average molecular weight is 293 g/mol. The summed E-state index contributed by atoms with van der Waals surface area (Å²) in [4.78, 5) is 16.7. The molecule has 2 atom stereocenters. The van der Waals surface area contributed by atoms with E-state index in [0.29, 0.717) is 42.8 Å². The molecule has 1 heterocycles. The van der Waals surface area contributed by atoms with Gasteiger partial charge in [0.1, 0.15) is 5.82 Å². The highest BCUT2D eigenvalue weighted by atomic mass is 19.1. The molecule has 1 amide bonds. The quantitative estimate of drug-likeness (QED) is 0.925. The van der Waals surface area contributed by atoms with Crippen LogP contribution in [0.5, 0.6) is 0 Å². The van der Waals surface area contributed by atoms with Crippen molar-refractivity contribution in [2.45, 2.75) is 19.9 Å². The van der Waals surface area contributed by atoms with Gasteiger partial charge in [0.15, 0.2) is 0 Å². The molecule has 0 spiro atoms. The Morgan fingerprint density at radius 2 is 2.14 bits per heavy atom. The number of benzene rings is 1. The van der Waals surface area contributed by atoms with E-state index in [2.05, 4.69) is 17.1 Å². The van der Waals surface area contributed by atoms with Crippen LogP contribution in [0.3, 0.4) is 0 Å². The molecule has 1 aliphatic heterocycles. The van der Waals surface area contributed by atoms with Crippen molar-refractivity contribution < 1.29 is 9.18 Å². The average Bonchev–Trinajstić information content (AvgIpc) is 2.83. The van der Waals surface area contributed by atoms with Gasteiger partial charge in [0, 0.05) is 25.7 Å². The number of likely N-dealkylation sites (N-methyl/N-ethyl adjacent to an activating group) is 1. The molecule has 2 rings (SSSR count). The second kappa shape index (κ2) is 6.43. The number of halogens is 1. The first kappa shape index (κ1) is 15.8. The number of carbonyl (C=O) groups is 1. The summed E-state index contributed by atoms with van der Waals surface area (Å²) in [6.07, 6.45) is 0. The topological polar surface area (TPSA) is 35.6 Å². The summed E-state index contributed by atoms with van der Waals surface area (Å²) in [5, 5.41) is 2.96. The van der Waals surface area contributed by atoms with E-state index in [1.165, 1.54) is 6.07 Å². The number of anilines is 1. The molecular weight excluding hydrogens is 269 g/mol. The van der Waals surface area contributed by atoms with Gasteiger partial charge in [0.2, 0.25) is 0 Å². The predicted octanol–water partition coefficient (Wildman–Crippen LogP) is 2.28. The Hall–Kier alpha value is -1.62. The van der Waals surface area contributed by atoms with Gasteiger partial charge in [-0.15, -0.1) is 0 Å². The summed E-state index contributed by atoms with van der Waals surface area (Å²) < 4.78 is 13.9. The van der Waals surface area contributed by atoms with Crippen LogP contribution in [-0.4, -0.2) is 55.5 Å². The minimum absolute atomic E-state index is 0.0957. The molecule has 1 aromatic rings. The third-order valence-electron chi connectivity index (χ3n) is 4.12. The van der Waals surface area contributed by atoms with Gasteiger partial charge in [-0.2, -0.15) is 0 Å². The summed E-state index contributed by atoms with van der Waals surface area (Å²) in [6, 6.07) is 5.01. The summed E-state index contributed by atoms with van der Waals surface area (Å²) >= 11 is 0. The number of nitrogens with zero attached hydrogens (tertiary/aromatic N) is 2. The first-order valence-electron chi connectivity index (χ1n) is 7.43. The summed E-state index contributed by atoms with van der Waals surface area (Å²) in [5.41, 5.74) is 0.731. The van der Waals surface area contributed by atoms with Crippen LogP contribution in [0, 0.1) is 11.7 Å². The number of amides is 1. The zero-order valence-corrected chi connectivity index (χ0v) is 13.2. The summed E-state index contributed by atoms with van der Waals surface area (Å²) in [6.45, 7) is 6.02. The van der Waals surface area contributed by atoms with Crippen molar-refractivity contribution in [3.05, 3.63) is 29.6 Å². The summed E-state index contributed by atoms with van der Waals surface area (Å²) in [7, 11) is 4.06. The lowest BCUT2D eigenvalue weighted by Gasteiger charge is -2.22. The molecule has 1 saturated heterocycles. The Morgan fingerprint density at radius 3 is 2.71 bits per heavy atom. The molecule has 0 aromatic heterocycles. The molecule has 0 saturated carbocycles. The molecule has 1 fully saturated rings. The monoisotopic (exact) mass is 293 g/mol. The van der Waals surface area contributed by atoms with Crippen LogP contribution in [0.15, 0.2) is 18.2 Å². The van der Waals surface area contributed by atoms with E-state index in [9.17, 15) is 9.18 Å². The van der Waals surface area contributed by atoms with E-state index >= 15 is 0 Å². The Kier molecular flexibility index (Phi) is 4.83. The van der Waals surface area contributed by atoms with Gasteiger partial charge in [-0.1, -0.05) is 13.0 Å². The highest BCUT2D eigenvalue weighted by molar-refractivity contribution is 6.00. The van der Waals surface area contributed by atoms with Crippen LogP contribution in [0.2, 0.25) is 0 Å². The minimum atomic E-state index is -0.376.